The number of aryl methyl sites for hydroxylation is 2. The molecule has 1 aromatic heterocycles. The number of rotatable bonds is 5. The lowest BCUT2D eigenvalue weighted by Gasteiger charge is -2.11. The zero-order valence-electron chi connectivity index (χ0n) is 16.8. The quantitative estimate of drug-likeness (QED) is 0.583. The van der Waals surface area contributed by atoms with E-state index in [1.807, 2.05) is 4.57 Å². The highest BCUT2D eigenvalue weighted by Gasteiger charge is 2.17. The van der Waals surface area contributed by atoms with E-state index in [9.17, 15) is 13.2 Å². The van der Waals surface area contributed by atoms with Crippen molar-refractivity contribution in [3.63, 3.8) is 0 Å². The van der Waals surface area contributed by atoms with E-state index < -0.39 is 15.9 Å². The number of nitrogens with zero attached hydrogens (tertiary/aromatic N) is 3. The molecule has 0 bridgehead atoms. The zero-order chi connectivity index (χ0) is 21.3. The Hall–Kier alpha value is -2.55. The number of carbonyl (C=O) groups excluding carboxylic acids is 1. The largest absolute Gasteiger partial charge is 0.312 e. The van der Waals surface area contributed by atoms with Crippen molar-refractivity contribution in [2.45, 2.75) is 25.3 Å². The van der Waals surface area contributed by atoms with Gasteiger partial charge >= 0.3 is 0 Å². The molecule has 0 spiro atoms. The smallest absolute Gasteiger partial charge is 0.279 e. The van der Waals surface area contributed by atoms with E-state index in [1.165, 1.54) is 60.8 Å². The summed E-state index contributed by atoms with van der Waals surface area (Å²) in [5, 5.41) is 0. The first kappa shape index (κ1) is 21.2. The van der Waals surface area contributed by atoms with Crippen molar-refractivity contribution in [1.29, 1.82) is 0 Å². The molecule has 8 heteroatoms. The van der Waals surface area contributed by atoms with Crippen LogP contribution in [0.15, 0.2) is 58.9 Å². The Morgan fingerprint density at radius 1 is 1.17 bits per heavy atom. The van der Waals surface area contributed by atoms with Crippen LogP contribution in [-0.2, 0) is 16.6 Å². The third-order valence-corrected chi connectivity index (χ3v) is 7.56. The van der Waals surface area contributed by atoms with E-state index in [0.717, 1.165) is 14.5 Å². The van der Waals surface area contributed by atoms with Crippen LogP contribution in [0.2, 0.25) is 0 Å². The van der Waals surface area contributed by atoms with Crippen LogP contribution in [0.3, 0.4) is 0 Å². The number of hydrogen-bond acceptors (Lipinski definition) is 4. The molecule has 0 N–H and O–H groups in total. The maximum Gasteiger partial charge on any atom is 0.279 e. The van der Waals surface area contributed by atoms with Crippen LogP contribution >= 0.6 is 11.3 Å². The lowest BCUT2D eigenvalue weighted by Crippen LogP contribution is -2.22. The van der Waals surface area contributed by atoms with Crippen LogP contribution in [0.4, 0.5) is 0 Å². The lowest BCUT2D eigenvalue weighted by molar-refractivity contribution is 0.0998. The molecular formula is C21H23N3O3S2. The number of aromatic nitrogens is 1. The summed E-state index contributed by atoms with van der Waals surface area (Å²) >= 11 is 1.45. The number of thiazole rings is 1. The molecule has 6 nitrogen and oxygen atoms in total. The van der Waals surface area contributed by atoms with Crippen molar-refractivity contribution in [2.24, 2.45) is 4.99 Å². The normalized spacial score (nSPS) is 12.7. The third-order valence-electron chi connectivity index (χ3n) is 4.69. The van der Waals surface area contributed by atoms with Crippen molar-refractivity contribution in [3.8, 4) is 0 Å². The van der Waals surface area contributed by atoms with Crippen LogP contribution in [0, 0.1) is 13.8 Å². The molecule has 3 rings (SSSR count). The first-order valence-corrected chi connectivity index (χ1v) is 11.2. The van der Waals surface area contributed by atoms with Crippen molar-refractivity contribution in [1.82, 2.24) is 8.87 Å². The second-order valence-corrected chi connectivity index (χ2v) is 10.1. The van der Waals surface area contributed by atoms with Crippen LogP contribution in [0.5, 0.6) is 0 Å². The summed E-state index contributed by atoms with van der Waals surface area (Å²) in [7, 11) is -0.609. The molecule has 1 heterocycles. The van der Waals surface area contributed by atoms with E-state index >= 15 is 0 Å². The van der Waals surface area contributed by atoms with Gasteiger partial charge in [-0.05, 0) is 61.4 Å². The molecule has 1 amide bonds. The molecule has 0 atom stereocenters. The van der Waals surface area contributed by atoms with Gasteiger partial charge in [0.2, 0.25) is 10.0 Å². The number of benzene rings is 2. The number of allylic oxidation sites excluding steroid dienone is 1. The van der Waals surface area contributed by atoms with Gasteiger partial charge < -0.3 is 4.57 Å². The van der Waals surface area contributed by atoms with E-state index in [2.05, 4.69) is 37.6 Å². The SMILES string of the molecule is C=CCn1c(=NC(=O)c2ccc(S(=O)(=O)N(C)C)cc2)sc2cc(C)c(C)cc21. The summed E-state index contributed by atoms with van der Waals surface area (Å²) in [5.74, 6) is -0.420. The van der Waals surface area contributed by atoms with Gasteiger partial charge in [-0.2, -0.15) is 4.99 Å². The summed E-state index contributed by atoms with van der Waals surface area (Å²) in [6, 6.07) is 10.0. The Labute approximate surface area is 174 Å². The molecule has 0 fully saturated rings. The second kappa shape index (κ2) is 8.06. The number of fused-ring (bicyclic) bond motifs is 1. The number of carbonyl (C=O) groups is 1. The van der Waals surface area contributed by atoms with Gasteiger partial charge in [0, 0.05) is 26.2 Å². The van der Waals surface area contributed by atoms with Gasteiger partial charge in [0.15, 0.2) is 4.80 Å². The maximum atomic E-state index is 12.7. The van der Waals surface area contributed by atoms with Crippen LogP contribution in [0.1, 0.15) is 21.5 Å². The number of hydrogen-bond donors (Lipinski definition) is 0. The maximum absolute atomic E-state index is 12.7. The topological polar surface area (TPSA) is 71.7 Å². The van der Waals surface area contributed by atoms with Crippen LogP contribution in [0.25, 0.3) is 10.2 Å². The fraction of sp³-hybridized carbons (Fsp3) is 0.238. The minimum Gasteiger partial charge on any atom is -0.312 e. The highest BCUT2D eigenvalue weighted by Crippen LogP contribution is 2.22. The van der Waals surface area contributed by atoms with E-state index in [1.54, 1.807) is 6.08 Å². The number of amides is 1. The fourth-order valence-corrected chi connectivity index (χ4v) is 4.86. The molecule has 0 saturated carbocycles. The van der Waals surface area contributed by atoms with Gasteiger partial charge in [-0.25, -0.2) is 12.7 Å². The van der Waals surface area contributed by atoms with E-state index in [-0.39, 0.29) is 4.90 Å². The highest BCUT2D eigenvalue weighted by molar-refractivity contribution is 7.89. The molecule has 29 heavy (non-hydrogen) atoms. The van der Waals surface area contributed by atoms with E-state index in [0.29, 0.717) is 16.9 Å². The van der Waals surface area contributed by atoms with Gasteiger partial charge in [-0.3, -0.25) is 4.79 Å². The van der Waals surface area contributed by atoms with Gasteiger partial charge in [-0.15, -0.1) is 6.58 Å². The highest BCUT2D eigenvalue weighted by atomic mass is 32.2. The molecule has 2 aromatic carbocycles. The summed E-state index contributed by atoms with van der Waals surface area (Å²) < 4.78 is 28.5. The molecule has 0 unspecified atom stereocenters. The summed E-state index contributed by atoms with van der Waals surface area (Å²) in [4.78, 5) is 17.7. The summed E-state index contributed by atoms with van der Waals surface area (Å²) in [5.41, 5.74) is 3.69. The molecule has 152 valence electrons. The molecule has 0 saturated heterocycles. The van der Waals surface area contributed by atoms with E-state index in [4.69, 9.17) is 0 Å². The molecule has 0 aliphatic rings. The Balaban J connectivity index is 2.06. The van der Waals surface area contributed by atoms with Gasteiger partial charge in [0.25, 0.3) is 5.91 Å². The standard InChI is InChI=1S/C21H23N3O3S2/c1-6-11-24-18-12-14(2)15(3)13-19(18)28-21(24)22-20(25)16-7-9-17(10-8-16)29(26,27)23(4)5/h6-10,12-13H,1,11H2,2-5H3. The average Bonchev–Trinajstić information content (AvgIpc) is 2.98. The predicted octanol–water partition coefficient (Wildman–Crippen LogP) is 3.50. The second-order valence-electron chi connectivity index (χ2n) is 6.92. The molecule has 0 radical (unpaired) electrons. The first-order valence-electron chi connectivity index (χ1n) is 8.98. The molecule has 0 aliphatic heterocycles. The Kier molecular flexibility index (Phi) is 5.88. The number of sulfonamides is 1. The van der Waals surface area contributed by atoms with Crippen LogP contribution < -0.4 is 4.80 Å². The van der Waals surface area contributed by atoms with Crippen molar-refractivity contribution >= 4 is 37.5 Å². The Morgan fingerprint density at radius 2 is 1.79 bits per heavy atom. The fourth-order valence-electron chi connectivity index (χ4n) is 2.84. The lowest BCUT2D eigenvalue weighted by atomic mass is 10.1. The zero-order valence-corrected chi connectivity index (χ0v) is 18.5. The van der Waals surface area contributed by atoms with Gasteiger partial charge in [0.1, 0.15) is 0 Å². The van der Waals surface area contributed by atoms with Crippen molar-refractivity contribution in [3.05, 3.63) is 70.5 Å². The van der Waals surface area contributed by atoms with Crippen LogP contribution in [-0.4, -0.2) is 37.3 Å². The molecule has 3 aromatic rings. The minimum atomic E-state index is -3.54. The first-order chi connectivity index (χ1) is 13.6. The monoisotopic (exact) mass is 429 g/mol. The average molecular weight is 430 g/mol. The summed E-state index contributed by atoms with van der Waals surface area (Å²) in [6.07, 6.45) is 1.77. The molecular weight excluding hydrogens is 406 g/mol. The minimum absolute atomic E-state index is 0.133. The third kappa shape index (κ3) is 4.10. The Bertz CT molecular complexity index is 1260. The Morgan fingerprint density at radius 3 is 2.38 bits per heavy atom. The summed E-state index contributed by atoms with van der Waals surface area (Å²) in [6.45, 7) is 8.45. The predicted molar refractivity (Wildman–Crippen MR) is 117 cm³/mol. The van der Waals surface area contributed by atoms with Crippen molar-refractivity contribution in [2.75, 3.05) is 14.1 Å². The molecule has 0 aliphatic carbocycles. The van der Waals surface area contributed by atoms with Gasteiger partial charge in [-0.1, -0.05) is 17.4 Å². The van der Waals surface area contributed by atoms with Gasteiger partial charge in [0.05, 0.1) is 15.1 Å². The van der Waals surface area contributed by atoms with Crippen molar-refractivity contribution < 1.29 is 13.2 Å².